The fourth-order valence-electron chi connectivity index (χ4n) is 2.26. The van der Waals surface area contributed by atoms with Crippen molar-refractivity contribution in [1.82, 2.24) is 4.57 Å². The minimum Gasteiger partial charge on any atom is -0.304 e. The van der Waals surface area contributed by atoms with E-state index in [0.29, 0.717) is 6.67 Å². The number of aromatic nitrogens is 1. The molecule has 0 unspecified atom stereocenters. The molecule has 0 aliphatic heterocycles. The quantitative estimate of drug-likeness (QED) is 0.668. The van der Waals surface area contributed by atoms with Crippen molar-refractivity contribution in [2.75, 3.05) is 4.90 Å². The van der Waals surface area contributed by atoms with Gasteiger partial charge in [-0.3, -0.25) is 9.69 Å². The maximum atomic E-state index is 12.0. The number of benzene rings is 2. The zero-order chi connectivity index (χ0) is 14.8. The average molecular weight is 314 g/mol. The highest BCUT2D eigenvalue weighted by atomic mass is 32.1. The molecule has 3 aromatic rings. The van der Waals surface area contributed by atoms with Crippen LogP contribution in [-0.4, -0.2) is 10.5 Å². The zero-order valence-electron chi connectivity index (χ0n) is 11.5. The van der Waals surface area contributed by atoms with Crippen LogP contribution in [0.5, 0.6) is 0 Å². The maximum Gasteiger partial charge on any atom is 0.225 e. The molecule has 106 valence electrons. The van der Waals surface area contributed by atoms with Crippen LogP contribution in [-0.2, 0) is 11.5 Å². The highest BCUT2D eigenvalue weighted by molar-refractivity contribution is 7.73. The summed E-state index contributed by atoms with van der Waals surface area (Å²) >= 11 is 7.02. The van der Waals surface area contributed by atoms with Crippen LogP contribution < -0.4 is 4.90 Å². The van der Waals surface area contributed by atoms with Crippen molar-refractivity contribution in [2.24, 2.45) is 0 Å². The third kappa shape index (κ3) is 2.75. The largest absolute Gasteiger partial charge is 0.304 e. The topological polar surface area (TPSA) is 25.2 Å². The van der Waals surface area contributed by atoms with Gasteiger partial charge in [0.05, 0.1) is 10.2 Å². The Hall–Kier alpha value is -1.98. The van der Waals surface area contributed by atoms with Crippen LogP contribution in [0.25, 0.3) is 10.2 Å². The van der Waals surface area contributed by atoms with Crippen LogP contribution in [0.15, 0.2) is 54.6 Å². The van der Waals surface area contributed by atoms with Gasteiger partial charge in [-0.2, -0.15) is 0 Å². The second-order valence-electron chi connectivity index (χ2n) is 4.69. The first-order chi connectivity index (χ1) is 10.2. The van der Waals surface area contributed by atoms with E-state index >= 15 is 0 Å². The van der Waals surface area contributed by atoms with Crippen molar-refractivity contribution < 1.29 is 4.79 Å². The normalized spacial score (nSPS) is 10.7. The maximum absolute atomic E-state index is 12.0. The van der Waals surface area contributed by atoms with Crippen molar-refractivity contribution in [3.05, 3.63) is 58.6 Å². The summed E-state index contributed by atoms with van der Waals surface area (Å²) in [7, 11) is 0. The summed E-state index contributed by atoms with van der Waals surface area (Å²) in [5.74, 6) is -0.00150. The third-order valence-corrected chi connectivity index (χ3v) is 4.74. The fraction of sp³-hybridized carbons (Fsp3) is 0.125. The molecule has 0 bridgehead atoms. The average Bonchev–Trinajstić information content (AvgIpc) is 2.81. The van der Waals surface area contributed by atoms with Crippen LogP contribution in [0.1, 0.15) is 6.92 Å². The van der Waals surface area contributed by atoms with E-state index in [0.717, 1.165) is 19.9 Å². The smallest absolute Gasteiger partial charge is 0.225 e. The van der Waals surface area contributed by atoms with Gasteiger partial charge in [0.15, 0.2) is 3.95 Å². The molecule has 2 aromatic carbocycles. The molecule has 21 heavy (non-hydrogen) atoms. The van der Waals surface area contributed by atoms with Crippen molar-refractivity contribution in [2.45, 2.75) is 13.6 Å². The molecule has 0 radical (unpaired) electrons. The Morgan fingerprint density at radius 1 is 1.14 bits per heavy atom. The Bertz CT molecular complexity index is 836. The van der Waals surface area contributed by atoms with Gasteiger partial charge in [0.25, 0.3) is 0 Å². The Morgan fingerprint density at radius 3 is 2.52 bits per heavy atom. The van der Waals surface area contributed by atoms with E-state index in [9.17, 15) is 4.79 Å². The predicted octanol–water partition coefficient (Wildman–Crippen LogP) is 4.44. The van der Waals surface area contributed by atoms with Gasteiger partial charge in [-0.1, -0.05) is 30.3 Å². The number of carbonyl (C=O) groups excluding carboxylic acids is 1. The van der Waals surface area contributed by atoms with E-state index in [-0.39, 0.29) is 5.91 Å². The van der Waals surface area contributed by atoms with Crippen LogP contribution in [0.2, 0.25) is 0 Å². The molecule has 0 spiro atoms. The number of thiazole rings is 1. The fourth-order valence-corrected chi connectivity index (χ4v) is 3.57. The SMILES string of the molecule is CC(=O)N(Cn1c(=S)sc2ccccc21)c1ccccc1. The van der Waals surface area contributed by atoms with Gasteiger partial charge in [-0.15, -0.1) is 11.3 Å². The minimum absolute atomic E-state index is 0.00150. The highest BCUT2D eigenvalue weighted by Crippen LogP contribution is 2.24. The first kappa shape index (κ1) is 14.0. The Labute approximate surface area is 132 Å². The minimum atomic E-state index is -0.00150. The standard InChI is InChI=1S/C16H14N2OS2/c1-12(19)17(13-7-3-2-4-8-13)11-18-14-9-5-6-10-15(14)21-16(18)20/h2-10H,11H2,1H3. The molecule has 0 saturated carbocycles. The summed E-state index contributed by atoms with van der Waals surface area (Å²) in [6.45, 7) is 2.01. The van der Waals surface area contributed by atoms with Gasteiger partial charge in [-0.25, -0.2) is 0 Å². The molecule has 0 fully saturated rings. The van der Waals surface area contributed by atoms with Crippen LogP contribution >= 0.6 is 23.6 Å². The van der Waals surface area contributed by atoms with Crippen LogP contribution in [0.3, 0.4) is 0 Å². The van der Waals surface area contributed by atoms with Crippen molar-refractivity contribution in [3.63, 3.8) is 0 Å². The Balaban J connectivity index is 2.05. The zero-order valence-corrected chi connectivity index (χ0v) is 13.2. The van der Waals surface area contributed by atoms with E-state index in [2.05, 4.69) is 0 Å². The first-order valence-electron chi connectivity index (χ1n) is 6.58. The molecule has 3 nitrogen and oxygen atoms in total. The first-order valence-corrected chi connectivity index (χ1v) is 7.81. The number of hydrogen-bond acceptors (Lipinski definition) is 3. The number of para-hydroxylation sites is 2. The lowest BCUT2D eigenvalue weighted by atomic mass is 10.3. The molecule has 0 atom stereocenters. The van der Waals surface area contributed by atoms with Gasteiger partial charge in [0.1, 0.15) is 6.67 Å². The van der Waals surface area contributed by atoms with Gasteiger partial charge in [0.2, 0.25) is 5.91 Å². The van der Waals surface area contributed by atoms with Gasteiger partial charge in [0, 0.05) is 12.6 Å². The van der Waals surface area contributed by atoms with Gasteiger partial charge < -0.3 is 4.57 Å². The number of hydrogen-bond donors (Lipinski definition) is 0. The van der Waals surface area contributed by atoms with Crippen LogP contribution in [0, 0.1) is 3.95 Å². The molecule has 5 heteroatoms. The monoisotopic (exact) mass is 314 g/mol. The van der Waals surface area contributed by atoms with Crippen molar-refractivity contribution in [1.29, 1.82) is 0 Å². The van der Waals surface area contributed by atoms with E-state index in [1.165, 1.54) is 0 Å². The Morgan fingerprint density at radius 2 is 1.81 bits per heavy atom. The summed E-state index contributed by atoms with van der Waals surface area (Å²) in [4.78, 5) is 13.7. The number of carbonyl (C=O) groups is 1. The van der Waals surface area contributed by atoms with E-state index in [1.807, 2.05) is 59.2 Å². The van der Waals surface area contributed by atoms with Crippen LogP contribution in [0.4, 0.5) is 5.69 Å². The molecular formula is C16H14N2OS2. The molecule has 0 aliphatic carbocycles. The summed E-state index contributed by atoms with van der Waals surface area (Å²) in [5, 5.41) is 0. The number of nitrogens with zero attached hydrogens (tertiary/aromatic N) is 2. The molecule has 0 N–H and O–H groups in total. The van der Waals surface area contributed by atoms with Crippen molar-refractivity contribution in [3.8, 4) is 0 Å². The number of rotatable bonds is 3. The van der Waals surface area contributed by atoms with E-state index < -0.39 is 0 Å². The van der Waals surface area contributed by atoms with Gasteiger partial charge in [-0.05, 0) is 36.5 Å². The Kier molecular flexibility index (Phi) is 3.86. The lowest BCUT2D eigenvalue weighted by Crippen LogP contribution is -2.30. The number of fused-ring (bicyclic) bond motifs is 1. The van der Waals surface area contributed by atoms with Crippen molar-refractivity contribution >= 4 is 45.4 Å². The summed E-state index contributed by atoms with van der Waals surface area (Å²) in [6, 6.07) is 17.7. The third-order valence-electron chi connectivity index (χ3n) is 3.30. The molecular weight excluding hydrogens is 300 g/mol. The van der Waals surface area contributed by atoms with E-state index in [1.54, 1.807) is 23.2 Å². The summed E-state index contributed by atoms with van der Waals surface area (Å²) < 4.78 is 3.92. The second-order valence-corrected chi connectivity index (χ2v) is 6.36. The molecule has 3 rings (SSSR count). The lowest BCUT2D eigenvalue weighted by molar-refractivity contribution is -0.116. The number of amides is 1. The second kappa shape index (κ2) is 5.79. The molecule has 1 amide bonds. The molecule has 1 aromatic heterocycles. The number of anilines is 1. The summed E-state index contributed by atoms with van der Waals surface area (Å²) in [5.41, 5.74) is 1.94. The molecule has 0 aliphatic rings. The molecule has 0 saturated heterocycles. The highest BCUT2D eigenvalue weighted by Gasteiger charge is 2.14. The predicted molar refractivity (Wildman–Crippen MR) is 90.3 cm³/mol. The molecule has 1 heterocycles. The lowest BCUT2D eigenvalue weighted by Gasteiger charge is -2.22. The van der Waals surface area contributed by atoms with E-state index in [4.69, 9.17) is 12.2 Å². The summed E-state index contributed by atoms with van der Waals surface area (Å²) in [6.07, 6.45) is 0. The van der Waals surface area contributed by atoms with Gasteiger partial charge >= 0.3 is 0 Å².